The minimum Gasteiger partial charge on any atom is -0.351 e. The van der Waals surface area contributed by atoms with Crippen molar-refractivity contribution in [3.8, 4) is 10.6 Å². The molecule has 0 bridgehead atoms. The molecule has 0 aliphatic rings. The minimum atomic E-state index is -0.283. The van der Waals surface area contributed by atoms with Crippen LogP contribution < -0.4 is 5.32 Å². The highest BCUT2D eigenvalue weighted by atomic mass is 32.1. The number of benzene rings is 1. The molecule has 1 N–H and O–H groups in total. The SMILES string of the molecule is CN(C)CCCNC(=O)c1csc(-c2ccc(F)cc2)n1. The summed E-state index contributed by atoms with van der Waals surface area (Å²) in [5, 5.41) is 5.29. The van der Waals surface area contributed by atoms with E-state index in [0.29, 0.717) is 17.2 Å². The molecule has 1 heterocycles. The van der Waals surface area contributed by atoms with Gasteiger partial charge in [-0.15, -0.1) is 11.3 Å². The Labute approximate surface area is 127 Å². The molecule has 1 aromatic carbocycles. The molecule has 21 heavy (non-hydrogen) atoms. The second kappa shape index (κ2) is 7.28. The molecule has 0 radical (unpaired) electrons. The predicted molar refractivity (Wildman–Crippen MR) is 83.0 cm³/mol. The van der Waals surface area contributed by atoms with Gasteiger partial charge >= 0.3 is 0 Å². The first-order valence-electron chi connectivity index (χ1n) is 6.70. The maximum Gasteiger partial charge on any atom is 0.270 e. The fourth-order valence-corrected chi connectivity index (χ4v) is 2.60. The second-order valence-electron chi connectivity index (χ2n) is 4.96. The van der Waals surface area contributed by atoms with Gasteiger partial charge in [-0.1, -0.05) is 0 Å². The van der Waals surface area contributed by atoms with Crippen LogP contribution in [0.5, 0.6) is 0 Å². The van der Waals surface area contributed by atoms with Crippen molar-refractivity contribution in [2.75, 3.05) is 27.2 Å². The Hall–Kier alpha value is -1.79. The summed E-state index contributed by atoms with van der Waals surface area (Å²) < 4.78 is 12.9. The van der Waals surface area contributed by atoms with Crippen molar-refractivity contribution < 1.29 is 9.18 Å². The van der Waals surface area contributed by atoms with Crippen molar-refractivity contribution >= 4 is 17.2 Å². The van der Waals surface area contributed by atoms with Crippen LogP contribution in [-0.4, -0.2) is 43.0 Å². The number of nitrogens with zero attached hydrogens (tertiary/aromatic N) is 2. The van der Waals surface area contributed by atoms with Crippen molar-refractivity contribution in [1.82, 2.24) is 15.2 Å². The normalized spacial score (nSPS) is 10.9. The van der Waals surface area contributed by atoms with Gasteiger partial charge in [-0.2, -0.15) is 0 Å². The minimum absolute atomic E-state index is 0.168. The quantitative estimate of drug-likeness (QED) is 0.835. The molecular formula is C15H18FN3OS. The standard InChI is InChI=1S/C15H18FN3OS/c1-19(2)9-3-8-17-14(20)13-10-21-15(18-13)11-4-6-12(16)7-5-11/h4-7,10H,3,8-9H2,1-2H3,(H,17,20). The summed E-state index contributed by atoms with van der Waals surface area (Å²) in [5.74, 6) is -0.451. The van der Waals surface area contributed by atoms with Crippen molar-refractivity contribution in [3.05, 3.63) is 41.2 Å². The Bertz CT molecular complexity index is 595. The summed E-state index contributed by atoms with van der Waals surface area (Å²) >= 11 is 1.38. The summed E-state index contributed by atoms with van der Waals surface area (Å²) in [5.41, 5.74) is 1.22. The predicted octanol–water partition coefficient (Wildman–Crippen LogP) is 2.63. The Morgan fingerprint density at radius 2 is 2.05 bits per heavy atom. The van der Waals surface area contributed by atoms with Crippen LogP contribution in [0.25, 0.3) is 10.6 Å². The number of amides is 1. The number of carbonyl (C=O) groups is 1. The third-order valence-electron chi connectivity index (χ3n) is 2.90. The van der Waals surface area contributed by atoms with E-state index < -0.39 is 0 Å². The van der Waals surface area contributed by atoms with E-state index >= 15 is 0 Å². The molecule has 6 heteroatoms. The molecular weight excluding hydrogens is 289 g/mol. The van der Waals surface area contributed by atoms with Gasteiger partial charge in [0.15, 0.2) is 0 Å². The van der Waals surface area contributed by atoms with Crippen molar-refractivity contribution in [2.45, 2.75) is 6.42 Å². The number of hydrogen-bond acceptors (Lipinski definition) is 4. The first-order valence-corrected chi connectivity index (χ1v) is 7.58. The molecule has 2 aromatic rings. The monoisotopic (exact) mass is 307 g/mol. The van der Waals surface area contributed by atoms with Gasteiger partial charge in [-0.25, -0.2) is 9.37 Å². The third-order valence-corrected chi connectivity index (χ3v) is 3.79. The van der Waals surface area contributed by atoms with Crippen LogP contribution in [0.1, 0.15) is 16.9 Å². The molecule has 0 spiro atoms. The molecule has 0 aliphatic heterocycles. The molecule has 112 valence electrons. The van der Waals surface area contributed by atoms with Gasteiger partial charge in [0.05, 0.1) is 0 Å². The topological polar surface area (TPSA) is 45.2 Å². The lowest BCUT2D eigenvalue weighted by Crippen LogP contribution is -2.27. The van der Waals surface area contributed by atoms with E-state index in [1.807, 2.05) is 14.1 Å². The molecule has 0 atom stereocenters. The average molecular weight is 307 g/mol. The summed E-state index contributed by atoms with van der Waals surface area (Å²) in [6.07, 6.45) is 0.897. The summed E-state index contributed by atoms with van der Waals surface area (Å²) in [4.78, 5) is 18.3. The number of thiazole rings is 1. The zero-order chi connectivity index (χ0) is 15.2. The van der Waals surface area contributed by atoms with Crippen LogP contribution in [-0.2, 0) is 0 Å². The molecule has 0 unspecified atom stereocenters. The largest absolute Gasteiger partial charge is 0.351 e. The molecule has 0 fully saturated rings. The van der Waals surface area contributed by atoms with Crippen LogP contribution in [0.2, 0.25) is 0 Å². The molecule has 0 saturated heterocycles. The van der Waals surface area contributed by atoms with Crippen LogP contribution in [0.15, 0.2) is 29.6 Å². The van der Waals surface area contributed by atoms with Crippen LogP contribution in [0.4, 0.5) is 4.39 Å². The van der Waals surface area contributed by atoms with E-state index in [9.17, 15) is 9.18 Å². The second-order valence-corrected chi connectivity index (χ2v) is 5.82. The van der Waals surface area contributed by atoms with E-state index in [4.69, 9.17) is 0 Å². The van der Waals surface area contributed by atoms with Gasteiger partial charge in [0.2, 0.25) is 0 Å². The Morgan fingerprint density at radius 3 is 2.71 bits per heavy atom. The zero-order valence-corrected chi connectivity index (χ0v) is 12.9. The number of rotatable bonds is 6. The highest BCUT2D eigenvalue weighted by Crippen LogP contribution is 2.23. The van der Waals surface area contributed by atoms with Crippen LogP contribution in [0, 0.1) is 5.82 Å². The van der Waals surface area contributed by atoms with Gasteiger partial charge in [-0.05, 0) is 51.3 Å². The number of nitrogens with one attached hydrogen (secondary N) is 1. The van der Waals surface area contributed by atoms with Gasteiger partial charge < -0.3 is 10.2 Å². The lowest BCUT2D eigenvalue weighted by molar-refractivity contribution is 0.0948. The number of hydrogen-bond donors (Lipinski definition) is 1. The lowest BCUT2D eigenvalue weighted by atomic mass is 10.2. The molecule has 0 aliphatic carbocycles. The Kier molecular flexibility index (Phi) is 5.41. The zero-order valence-electron chi connectivity index (χ0n) is 12.1. The maximum atomic E-state index is 12.9. The van der Waals surface area contributed by atoms with Gasteiger partial charge in [0.1, 0.15) is 16.5 Å². The summed E-state index contributed by atoms with van der Waals surface area (Å²) in [6, 6.07) is 6.09. The summed E-state index contributed by atoms with van der Waals surface area (Å²) in [7, 11) is 3.99. The van der Waals surface area contributed by atoms with Crippen molar-refractivity contribution in [3.63, 3.8) is 0 Å². The van der Waals surface area contributed by atoms with E-state index in [2.05, 4.69) is 15.2 Å². The Balaban J connectivity index is 1.93. The smallest absolute Gasteiger partial charge is 0.270 e. The maximum absolute atomic E-state index is 12.9. The van der Waals surface area contributed by atoms with E-state index in [-0.39, 0.29) is 11.7 Å². The van der Waals surface area contributed by atoms with Crippen LogP contribution in [0.3, 0.4) is 0 Å². The van der Waals surface area contributed by atoms with E-state index in [1.54, 1.807) is 17.5 Å². The first-order chi connectivity index (χ1) is 10.1. The van der Waals surface area contributed by atoms with Gasteiger partial charge in [0, 0.05) is 17.5 Å². The van der Waals surface area contributed by atoms with Gasteiger partial charge in [-0.3, -0.25) is 4.79 Å². The van der Waals surface area contributed by atoms with Crippen molar-refractivity contribution in [2.24, 2.45) is 0 Å². The van der Waals surface area contributed by atoms with Gasteiger partial charge in [0.25, 0.3) is 5.91 Å². The molecule has 1 aromatic heterocycles. The van der Waals surface area contributed by atoms with Crippen molar-refractivity contribution in [1.29, 1.82) is 0 Å². The third kappa shape index (κ3) is 4.61. The molecule has 1 amide bonds. The lowest BCUT2D eigenvalue weighted by Gasteiger charge is -2.09. The fraction of sp³-hybridized carbons (Fsp3) is 0.333. The molecule has 2 rings (SSSR count). The molecule has 4 nitrogen and oxygen atoms in total. The fourth-order valence-electron chi connectivity index (χ4n) is 1.79. The summed E-state index contributed by atoms with van der Waals surface area (Å²) in [6.45, 7) is 1.55. The first kappa shape index (κ1) is 15.6. The average Bonchev–Trinajstić information content (AvgIpc) is 2.94. The van der Waals surface area contributed by atoms with Crippen LogP contribution >= 0.6 is 11.3 Å². The Morgan fingerprint density at radius 1 is 1.33 bits per heavy atom. The highest BCUT2D eigenvalue weighted by Gasteiger charge is 2.11. The number of aromatic nitrogens is 1. The van der Waals surface area contributed by atoms with E-state index in [1.165, 1.54) is 23.5 Å². The van der Waals surface area contributed by atoms with E-state index in [0.717, 1.165) is 18.5 Å². The highest BCUT2D eigenvalue weighted by molar-refractivity contribution is 7.13. The molecule has 0 saturated carbocycles. The number of halogens is 1. The number of carbonyl (C=O) groups excluding carboxylic acids is 1.